The Bertz CT molecular complexity index is 1300. The fraction of sp³-hybridized carbons (Fsp3) is 0.321. The Morgan fingerprint density at radius 2 is 1.77 bits per heavy atom. The van der Waals surface area contributed by atoms with Gasteiger partial charge in [0.2, 0.25) is 17.6 Å². The van der Waals surface area contributed by atoms with Crippen molar-refractivity contribution in [1.29, 1.82) is 0 Å². The summed E-state index contributed by atoms with van der Waals surface area (Å²) in [4.78, 5) is 35.5. The summed E-state index contributed by atoms with van der Waals surface area (Å²) >= 11 is 0. The molecule has 2 N–H and O–H groups in total. The highest BCUT2D eigenvalue weighted by Crippen LogP contribution is 2.41. The maximum atomic E-state index is 13.7. The van der Waals surface area contributed by atoms with Gasteiger partial charge in [0, 0.05) is 56.0 Å². The predicted octanol–water partition coefficient (Wildman–Crippen LogP) is 1.55. The van der Waals surface area contributed by atoms with Gasteiger partial charge in [-0.25, -0.2) is 4.99 Å². The van der Waals surface area contributed by atoms with Crippen LogP contribution in [-0.4, -0.2) is 79.5 Å². The van der Waals surface area contributed by atoms with Gasteiger partial charge in [0.15, 0.2) is 11.5 Å². The number of nitrogens with one attached hydrogen (secondary N) is 2. The van der Waals surface area contributed by atoms with Gasteiger partial charge in [-0.05, 0) is 26.1 Å². The molecular formula is C28H29N4O3+. The van der Waals surface area contributed by atoms with Gasteiger partial charge in [-0.3, -0.25) is 9.59 Å². The second kappa shape index (κ2) is 8.91. The first-order chi connectivity index (χ1) is 17.1. The molecule has 0 spiro atoms. The number of carbonyl (C=O) groups is 2. The monoisotopic (exact) mass is 469 g/mol. The molecule has 7 heteroatoms. The minimum absolute atomic E-state index is 0.132. The van der Waals surface area contributed by atoms with E-state index in [4.69, 9.17) is 4.74 Å². The normalized spacial score (nSPS) is 20.9. The van der Waals surface area contributed by atoms with Crippen molar-refractivity contribution in [2.24, 2.45) is 0 Å². The van der Waals surface area contributed by atoms with Crippen LogP contribution in [0.15, 0.2) is 54.6 Å². The van der Waals surface area contributed by atoms with Gasteiger partial charge in [0.1, 0.15) is 5.56 Å². The van der Waals surface area contributed by atoms with Gasteiger partial charge in [0.05, 0.1) is 11.3 Å². The first-order valence-corrected chi connectivity index (χ1v) is 12.3. The molecule has 0 aromatic heterocycles. The molecule has 2 aromatic carbocycles. The number of hydrogen-bond donors (Lipinski definition) is 2. The third-order valence-corrected chi connectivity index (χ3v) is 7.23. The second-order valence-electron chi connectivity index (χ2n) is 9.54. The van der Waals surface area contributed by atoms with Crippen molar-refractivity contribution in [2.75, 3.05) is 51.6 Å². The Morgan fingerprint density at radius 3 is 2.54 bits per heavy atom. The lowest BCUT2D eigenvalue weighted by Crippen LogP contribution is -2.72. The fourth-order valence-electron chi connectivity index (χ4n) is 5.24. The van der Waals surface area contributed by atoms with Crippen LogP contribution in [0.5, 0.6) is 5.75 Å². The van der Waals surface area contributed by atoms with Gasteiger partial charge < -0.3 is 19.9 Å². The molecule has 1 unspecified atom stereocenters. The summed E-state index contributed by atoms with van der Waals surface area (Å²) in [5.74, 6) is 0.296. The van der Waals surface area contributed by atoms with Crippen LogP contribution in [-0.2, 0) is 0 Å². The van der Waals surface area contributed by atoms with E-state index in [1.54, 1.807) is 24.3 Å². The van der Waals surface area contributed by atoms with E-state index in [2.05, 4.69) is 27.2 Å². The molecule has 1 saturated heterocycles. The molecule has 178 valence electrons. The molecule has 0 saturated carbocycles. The number of piperazine rings is 1. The molecule has 1 atom stereocenters. The average Bonchev–Trinajstić information content (AvgIpc) is 2.89. The number of likely N-dealkylation sites (N-methyl/N-ethyl adjacent to an activating group) is 1. The summed E-state index contributed by atoms with van der Waals surface area (Å²) < 4.78 is 6.27. The molecule has 1 fully saturated rings. The Morgan fingerprint density at radius 1 is 1.03 bits per heavy atom. The molecule has 2 aliphatic carbocycles. The van der Waals surface area contributed by atoms with Gasteiger partial charge in [-0.2, -0.15) is 0 Å². The van der Waals surface area contributed by atoms with E-state index in [0.717, 1.165) is 44.9 Å². The molecule has 2 aromatic rings. The topological polar surface area (TPSA) is 75.9 Å². The number of anilines is 1. The third-order valence-electron chi connectivity index (χ3n) is 7.23. The average molecular weight is 470 g/mol. The molecular weight excluding hydrogens is 440 g/mol. The Balaban J connectivity index is 1.34. The molecule has 7 nitrogen and oxygen atoms in total. The Kier molecular flexibility index (Phi) is 5.59. The molecule has 0 radical (unpaired) electrons. The lowest BCUT2D eigenvalue weighted by atomic mass is 9.81. The number of ketones is 2. The molecule has 35 heavy (non-hydrogen) atoms. The van der Waals surface area contributed by atoms with Crippen molar-refractivity contribution in [3.05, 3.63) is 76.9 Å². The standard InChI is InChI=1S/C28H28N4O3/c1-31-13-15-32(16-14-31)12-6-11-29-21-17-23-26(30-20-9-4-5-10-22(20)35-23)25-24(21)27(33)18-7-2-3-8-19(18)28(25)34/h2-5,7-10,17,22,29H,6,11-16H2,1H3/p+1. The lowest BCUT2D eigenvalue weighted by molar-refractivity contribution is -0.362. The van der Waals surface area contributed by atoms with Crippen molar-refractivity contribution in [1.82, 2.24) is 9.80 Å². The number of hydrogen-bond acceptors (Lipinski definition) is 6. The number of carbonyl (C=O) groups excluding carboxylic acids is 2. The smallest absolute Gasteiger partial charge is 0.258 e. The maximum Gasteiger partial charge on any atom is 0.258 e. The molecule has 0 amide bonds. The molecule has 2 aliphatic heterocycles. The van der Waals surface area contributed by atoms with Crippen molar-refractivity contribution >= 4 is 28.7 Å². The zero-order valence-electron chi connectivity index (χ0n) is 19.8. The van der Waals surface area contributed by atoms with Crippen LogP contribution >= 0.6 is 0 Å². The van der Waals surface area contributed by atoms with E-state index in [1.807, 2.05) is 30.4 Å². The number of benzene rings is 2. The Hall–Kier alpha value is -3.55. The van der Waals surface area contributed by atoms with Crippen molar-refractivity contribution in [2.45, 2.75) is 12.5 Å². The van der Waals surface area contributed by atoms with E-state index < -0.39 is 0 Å². The predicted molar refractivity (Wildman–Crippen MR) is 135 cm³/mol. The quantitative estimate of drug-likeness (QED) is 0.553. The van der Waals surface area contributed by atoms with Crippen LogP contribution in [0.25, 0.3) is 0 Å². The number of nitrogens with zero attached hydrogens (tertiary/aromatic N) is 2. The second-order valence-corrected chi connectivity index (χ2v) is 9.54. The van der Waals surface area contributed by atoms with Gasteiger partial charge in [-0.1, -0.05) is 36.4 Å². The summed E-state index contributed by atoms with van der Waals surface area (Å²) in [6, 6.07) is 8.93. The summed E-state index contributed by atoms with van der Waals surface area (Å²) in [7, 11) is 2.16. The minimum atomic E-state index is -0.239. The third kappa shape index (κ3) is 3.90. The largest absolute Gasteiger partial charge is 0.468 e. The lowest BCUT2D eigenvalue weighted by Gasteiger charge is -2.32. The van der Waals surface area contributed by atoms with Crippen LogP contribution < -0.4 is 15.0 Å². The van der Waals surface area contributed by atoms with E-state index in [1.165, 1.54) is 0 Å². The van der Waals surface area contributed by atoms with Crippen LogP contribution in [0.1, 0.15) is 38.3 Å². The summed E-state index contributed by atoms with van der Waals surface area (Å²) in [5, 5.41) is 3.47. The minimum Gasteiger partial charge on any atom is -0.468 e. The highest BCUT2D eigenvalue weighted by molar-refractivity contribution is 6.32. The molecule has 0 bridgehead atoms. The van der Waals surface area contributed by atoms with Gasteiger partial charge >= 0.3 is 0 Å². The van der Waals surface area contributed by atoms with E-state index in [9.17, 15) is 9.59 Å². The van der Waals surface area contributed by atoms with Crippen molar-refractivity contribution < 1.29 is 19.3 Å². The molecule has 2 heterocycles. The van der Waals surface area contributed by atoms with Crippen LogP contribution in [0, 0.1) is 0 Å². The summed E-state index contributed by atoms with van der Waals surface area (Å²) in [6.45, 7) is 6.05. The van der Waals surface area contributed by atoms with Crippen molar-refractivity contribution in [3.8, 4) is 5.75 Å². The molecule has 4 aliphatic rings. The number of ether oxygens (including phenoxy) is 1. The van der Waals surface area contributed by atoms with Gasteiger partial charge in [-0.15, -0.1) is 0 Å². The zero-order valence-corrected chi connectivity index (χ0v) is 19.8. The van der Waals surface area contributed by atoms with E-state index in [0.29, 0.717) is 45.9 Å². The summed E-state index contributed by atoms with van der Waals surface area (Å²) in [6.07, 6.45) is 8.49. The molecule has 6 rings (SSSR count). The number of fused-ring (bicyclic) bond motifs is 5. The fourth-order valence-corrected chi connectivity index (χ4v) is 5.24. The first-order valence-electron chi connectivity index (χ1n) is 12.3. The highest BCUT2D eigenvalue weighted by atomic mass is 16.5. The maximum absolute atomic E-state index is 13.7. The van der Waals surface area contributed by atoms with Crippen LogP contribution in [0.2, 0.25) is 0 Å². The van der Waals surface area contributed by atoms with Crippen molar-refractivity contribution in [3.63, 3.8) is 0 Å². The van der Waals surface area contributed by atoms with Crippen LogP contribution in [0.4, 0.5) is 11.4 Å². The first kappa shape index (κ1) is 21.9. The van der Waals surface area contributed by atoms with E-state index in [-0.39, 0.29) is 17.7 Å². The highest BCUT2D eigenvalue weighted by Gasteiger charge is 2.41. The SMILES string of the molecule is CN1CCN(CCCNc2cc3c(c4c2C(=O)c2ccccc2C4=O)[NH+]=C2C=CC=CC2O3)CC1. The zero-order chi connectivity index (χ0) is 23.9. The van der Waals surface area contributed by atoms with Gasteiger partial charge in [0.25, 0.3) is 5.69 Å². The van der Waals surface area contributed by atoms with Crippen LogP contribution in [0.3, 0.4) is 0 Å². The summed E-state index contributed by atoms with van der Waals surface area (Å²) in [5.41, 5.74) is 3.79. The van der Waals surface area contributed by atoms with E-state index >= 15 is 0 Å². The number of allylic oxidation sites excluding steroid dienone is 2. The number of rotatable bonds is 5. The Labute approximate surface area is 204 Å².